The fraction of sp³-hybridized carbons (Fsp3) is 0.333. The van der Waals surface area contributed by atoms with Gasteiger partial charge in [0.1, 0.15) is 5.03 Å². The van der Waals surface area contributed by atoms with E-state index in [1.165, 1.54) is 11.8 Å². The van der Waals surface area contributed by atoms with E-state index in [1.807, 2.05) is 41.9 Å². The second-order valence-corrected chi connectivity index (χ2v) is 5.94. The van der Waals surface area contributed by atoms with Gasteiger partial charge >= 0.3 is 5.97 Å². The summed E-state index contributed by atoms with van der Waals surface area (Å²) in [6, 6.07) is 9.94. The van der Waals surface area contributed by atoms with E-state index >= 15 is 0 Å². The molecular weight excluding hydrogens is 272 g/mol. The van der Waals surface area contributed by atoms with Gasteiger partial charge in [0.2, 0.25) is 0 Å². The molecule has 0 aliphatic carbocycles. The Bertz CT molecular complexity index is 620. The minimum atomic E-state index is -0.821. The van der Waals surface area contributed by atoms with Crippen LogP contribution in [0.2, 0.25) is 0 Å². The van der Waals surface area contributed by atoms with Gasteiger partial charge in [-0.1, -0.05) is 43.8 Å². The van der Waals surface area contributed by atoms with Crippen LogP contribution >= 0.6 is 11.8 Å². The molecule has 0 saturated heterocycles. The van der Waals surface area contributed by atoms with E-state index in [4.69, 9.17) is 5.11 Å². The smallest absolute Gasteiger partial charge is 0.313 e. The number of hydrogen-bond acceptors (Lipinski definition) is 3. The van der Waals surface area contributed by atoms with Gasteiger partial charge in [0.15, 0.2) is 0 Å². The zero-order valence-electron chi connectivity index (χ0n) is 11.8. The van der Waals surface area contributed by atoms with Crippen LogP contribution in [0, 0.1) is 6.92 Å². The van der Waals surface area contributed by atoms with Gasteiger partial charge in [0.05, 0.1) is 17.1 Å². The lowest BCUT2D eigenvalue weighted by Crippen LogP contribution is -2.04. The van der Waals surface area contributed by atoms with Crippen molar-refractivity contribution < 1.29 is 9.90 Å². The van der Waals surface area contributed by atoms with E-state index in [-0.39, 0.29) is 5.75 Å². The highest BCUT2D eigenvalue weighted by molar-refractivity contribution is 7.99. The minimum Gasteiger partial charge on any atom is -0.481 e. The van der Waals surface area contributed by atoms with E-state index in [0.29, 0.717) is 5.92 Å². The average Bonchev–Trinajstić information content (AvgIpc) is 2.81. The van der Waals surface area contributed by atoms with Crippen molar-refractivity contribution in [1.29, 1.82) is 0 Å². The van der Waals surface area contributed by atoms with Gasteiger partial charge in [-0.2, -0.15) is 5.10 Å². The van der Waals surface area contributed by atoms with Crippen molar-refractivity contribution in [3.8, 4) is 5.69 Å². The maximum atomic E-state index is 10.8. The molecule has 106 valence electrons. The molecule has 4 nitrogen and oxygen atoms in total. The first-order chi connectivity index (χ1) is 9.49. The first-order valence-corrected chi connectivity index (χ1v) is 7.48. The maximum Gasteiger partial charge on any atom is 0.313 e. The molecule has 0 bridgehead atoms. The van der Waals surface area contributed by atoms with Crippen LogP contribution in [-0.2, 0) is 4.79 Å². The Labute approximate surface area is 122 Å². The average molecular weight is 290 g/mol. The van der Waals surface area contributed by atoms with Crippen LogP contribution in [0.4, 0.5) is 0 Å². The van der Waals surface area contributed by atoms with Crippen LogP contribution in [-0.4, -0.2) is 26.6 Å². The number of rotatable bonds is 5. The fourth-order valence-corrected chi connectivity index (χ4v) is 2.61. The van der Waals surface area contributed by atoms with Crippen molar-refractivity contribution in [3.05, 3.63) is 41.6 Å². The van der Waals surface area contributed by atoms with Crippen LogP contribution in [0.5, 0.6) is 0 Å². The van der Waals surface area contributed by atoms with Gasteiger partial charge in [-0.25, -0.2) is 4.68 Å². The van der Waals surface area contributed by atoms with Gasteiger partial charge in [-0.3, -0.25) is 4.79 Å². The van der Waals surface area contributed by atoms with Crippen LogP contribution in [0.1, 0.15) is 31.0 Å². The number of carboxylic acid groups (broad SMARTS) is 1. The van der Waals surface area contributed by atoms with E-state index in [1.54, 1.807) is 0 Å². The molecule has 20 heavy (non-hydrogen) atoms. The van der Waals surface area contributed by atoms with Crippen LogP contribution < -0.4 is 0 Å². The maximum absolute atomic E-state index is 10.8. The molecule has 0 aliphatic heterocycles. The molecule has 2 aromatic rings. The second-order valence-electron chi connectivity index (χ2n) is 4.94. The molecule has 0 spiro atoms. The lowest BCUT2D eigenvalue weighted by molar-refractivity contribution is -0.133. The van der Waals surface area contributed by atoms with Gasteiger partial charge in [0.25, 0.3) is 0 Å². The number of para-hydroxylation sites is 1. The molecule has 0 fully saturated rings. The van der Waals surface area contributed by atoms with E-state index in [2.05, 4.69) is 18.9 Å². The van der Waals surface area contributed by atoms with Crippen LogP contribution in [0.25, 0.3) is 5.69 Å². The van der Waals surface area contributed by atoms with Crippen molar-refractivity contribution in [3.63, 3.8) is 0 Å². The zero-order valence-corrected chi connectivity index (χ0v) is 12.6. The van der Waals surface area contributed by atoms with Crippen molar-refractivity contribution in [1.82, 2.24) is 9.78 Å². The number of hydrogen-bond donors (Lipinski definition) is 1. The molecule has 5 heteroatoms. The molecule has 0 aliphatic rings. The van der Waals surface area contributed by atoms with E-state index in [9.17, 15) is 4.79 Å². The summed E-state index contributed by atoms with van der Waals surface area (Å²) in [4.78, 5) is 10.8. The van der Waals surface area contributed by atoms with Gasteiger partial charge in [0, 0.05) is 0 Å². The molecule has 1 aromatic carbocycles. The quantitative estimate of drug-likeness (QED) is 0.857. The molecular formula is C15H18N2O2S. The summed E-state index contributed by atoms with van der Waals surface area (Å²) in [6.45, 7) is 6.18. The number of thioether (sulfide) groups is 1. The molecule has 1 aromatic heterocycles. The minimum absolute atomic E-state index is 0.0368. The monoisotopic (exact) mass is 290 g/mol. The normalized spacial score (nSPS) is 11.0. The Balaban J connectivity index is 2.44. The number of aromatic nitrogens is 2. The van der Waals surface area contributed by atoms with Gasteiger partial charge < -0.3 is 5.11 Å². The van der Waals surface area contributed by atoms with Crippen LogP contribution in [0.3, 0.4) is 0 Å². The summed E-state index contributed by atoms with van der Waals surface area (Å²) in [5, 5.41) is 14.3. The zero-order chi connectivity index (χ0) is 14.7. The van der Waals surface area contributed by atoms with Gasteiger partial charge in [-0.05, 0) is 30.5 Å². The Hall–Kier alpha value is -1.75. The fourth-order valence-electron chi connectivity index (χ4n) is 1.88. The lowest BCUT2D eigenvalue weighted by atomic mass is 10.1. The summed E-state index contributed by atoms with van der Waals surface area (Å²) < 4.78 is 1.85. The topological polar surface area (TPSA) is 55.1 Å². The number of aryl methyl sites for hydroxylation is 1. The van der Waals surface area contributed by atoms with Crippen molar-refractivity contribution in [2.24, 2.45) is 0 Å². The van der Waals surface area contributed by atoms with Crippen molar-refractivity contribution in [2.45, 2.75) is 31.7 Å². The Morgan fingerprint density at radius 1 is 1.40 bits per heavy atom. The summed E-state index contributed by atoms with van der Waals surface area (Å²) >= 11 is 1.30. The van der Waals surface area contributed by atoms with Gasteiger partial charge in [-0.15, -0.1) is 0 Å². The van der Waals surface area contributed by atoms with E-state index in [0.717, 1.165) is 22.0 Å². The van der Waals surface area contributed by atoms with Crippen molar-refractivity contribution in [2.75, 3.05) is 5.75 Å². The third kappa shape index (κ3) is 3.22. The summed E-state index contributed by atoms with van der Waals surface area (Å²) in [5.41, 5.74) is 3.08. The first kappa shape index (κ1) is 14.7. The second kappa shape index (κ2) is 6.13. The molecule has 1 N–H and O–H groups in total. The highest BCUT2D eigenvalue weighted by Gasteiger charge is 2.14. The molecule has 0 atom stereocenters. The SMILES string of the molecule is Cc1ccccc1-n1nc(C(C)C)cc1SCC(=O)O. The Morgan fingerprint density at radius 3 is 2.70 bits per heavy atom. The first-order valence-electron chi connectivity index (χ1n) is 6.49. The van der Waals surface area contributed by atoms with Crippen molar-refractivity contribution >= 4 is 17.7 Å². The molecule has 0 radical (unpaired) electrons. The third-order valence-electron chi connectivity index (χ3n) is 2.97. The summed E-state index contributed by atoms with van der Waals surface area (Å²) in [6.07, 6.45) is 0. The number of carbonyl (C=O) groups is 1. The molecule has 0 amide bonds. The number of benzene rings is 1. The predicted molar refractivity (Wildman–Crippen MR) is 80.7 cm³/mol. The molecule has 0 unspecified atom stereocenters. The standard InChI is InChI=1S/C15H18N2O2S/c1-10(2)12-8-14(20-9-15(18)19)17(16-12)13-7-5-4-6-11(13)3/h4-8,10H,9H2,1-3H3,(H,18,19). The number of aliphatic carboxylic acids is 1. The van der Waals surface area contributed by atoms with E-state index < -0.39 is 5.97 Å². The molecule has 0 saturated carbocycles. The third-order valence-corrected chi connectivity index (χ3v) is 3.95. The molecule has 1 heterocycles. The lowest BCUT2D eigenvalue weighted by Gasteiger charge is -2.09. The molecule has 2 rings (SSSR count). The Kier molecular flexibility index (Phi) is 4.49. The highest BCUT2D eigenvalue weighted by Crippen LogP contribution is 2.27. The summed E-state index contributed by atoms with van der Waals surface area (Å²) in [5.74, 6) is -0.474. The largest absolute Gasteiger partial charge is 0.481 e. The number of carboxylic acids is 1. The Morgan fingerprint density at radius 2 is 2.10 bits per heavy atom. The number of nitrogens with zero attached hydrogens (tertiary/aromatic N) is 2. The summed E-state index contributed by atoms with van der Waals surface area (Å²) in [7, 11) is 0. The predicted octanol–water partition coefficient (Wildman–Crippen LogP) is 3.48. The van der Waals surface area contributed by atoms with Crippen LogP contribution in [0.15, 0.2) is 35.4 Å². The highest BCUT2D eigenvalue weighted by atomic mass is 32.2.